The number of aliphatic hydroxyl groups is 1. The molecule has 5 heteroatoms. The van der Waals surface area contributed by atoms with E-state index < -0.39 is 11.9 Å². The fraction of sp³-hybridized carbons (Fsp3) is 0.176. The Balaban J connectivity index is 2.12. The Morgan fingerprint density at radius 2 is 1.77 bits per heavy atom. The molecule has 0 aliphatic carbocycles. The Kier molecular flexibility index (Phi) is 5.27. The van der Waals surface area contributed by atoms with Gasteiger partial charge in [0, 0.05) is 5.69 Å². The molecule has 1 unspecified atom stereocenters. The fourth-order valence-electron chi connectivity index (χ4n) is 2.19. The van der Waals surface area contributed by atoms with E-state index in [2.05, 4.69) is 5.32 Å². The van der Waals surface area contributed by atoms with E-state index in [1.807, 2.05) is 6.07 Å². The second kappa shape index (κ2) is 7.38. The fourth-order valence-corrected chi connectivity index (χ4v) is 2.19. The molecule has 0 spiro atoms. The van der Waals surface area contributed by atoms with Crippen LogP contribution in [0.2, 0.25) is 0 Å². The molecule has 2 aromatic rings. The largest absolute Gasteiger partial charge is 0.481 e. The molecule has 0 bridgehead atoms. The lowest BCUT2D eigenvalue weighted by atomic mass is 9.99. The van der Waals surface area contributed by atoms with Crippen LogP contribution in [0.1, 0.15) is 17.0 Å². The maximum Gasteiger partial charge on any atom is 0.307 e. The number of benzene rings is 2. The Hall–Kier alpha value is -2.66. The number of carbonyl (C=O) groups excluding carboxylic acids is 1. The first-order valence-electron chi connectivity index (χ1n) is 6.87. The molecule has 0 saturated heterocycles. The summed E-state index contributed by atoms with van der Waals surface area (Å²) in [5.74, 6) is -1.92. The van der Waals surface area contributed by atoms with Gasteiger partial charge in [0.1, 0.15) is 0 Å². The van der Waals surface area contributed by atoms with Crippen LogP contribution in [-0.2, 0) is 16.0 Å². The Labute approximate surface area is 128 Å². The summed E-state index contributed by atoms with van der Waals surface area (Å²) < 4.78 is 0. The van der Waals surface area contributed by atoms with Crippen LogP contribution in [0.15, 0.2) is 54.6 Å². The van der Waals surface area contributed by atoms with Gasteiger partial charge in [-0.05, 0) is 23.3 Å². The lowest BCUT2D eigenvalue weighted by molar-refractivity contribution is -0.136. The van der Waals surface area contributed by atoms with E-state index in [-0.39, 0.29) is 18.9 Å². The Morgan fingerprint density at radius 3 is 2.41 bits per heavy atom. The zero-order valence-corrected chi connectivity index (χ0v) is 11.9. The minimum Gasteiger partial charge on any atom is -0.481 e. The topological polar surface area (TPSA) is 86.6 Å². The van der Waals surface area contributed by atoms with Crippen molar-refractivity contribution in [3.8, 4) is 0 Å². The van der Waals surface area contributed by atoms with E-state index in [0.717, 1.165) is 5.56 Å². The summed E-state index contributed by atoms with van der Waals surface area (Å²) >= 11 is 0. The number of carboxylic acid groups (broad SMARTS) is 1. The van der Waals surface area contributed by atoms with E-state index in [1.165, 1.54) is 0 Å². The first-order valence-corrected chi connectivity index (χ1v) is 6.87. The normalized spacial score (nSPS) is 11.7. The zero-order chi connectivity index (χ0) is 15.9. The second-order valence-electron chi connectivity index (χ2n) is 4.91. The smallest absolute Gasteiger partial charge is 0.307 e. The van der Waals surface area contributed by atoms with Gasteiger partial charge in [0.05, 0.1) is 18.9 Å². The number of carbonyl (C=O) groups is 2. The summed E-state index contributed by atoms with van der Waals surface area (Å²) in [5.41, 5.74) is 1.84. The van der Waals surface area contributed by atoms with Crippen molar-refractivity contribution in [3.63, 3.8) is 0 Å². The van der Waals surface area contributed by atoms with Gasteiger partial charge >= 0.3 is 5.97 Å². The van der Waals surface area contributed by atoms with Gasteiger partial charge in [0.15, 0.2) is 0 Å². The molecule has 0 radical (unpaired) electrons. The standard InChI is InChI=1S/C17H17NO4/c19-11-15(13-6-2-1-3-7-13)17(22)18-14-8-4-5-12(9-14)10-16(20)21/h1-9,15,19H,10-11H2,(H,18,22)(H,20,21). The van der Waals surface area contributed by atoms with E-state index in [0.29, 0.717) is 11.3 Å². The van der Waals surface area contributed by atoms with Gasteiger partial charge in [-0.2, -0.15) is 0 Å². The van der Waals surface area contributed by atoms with Crippen LogP contribution >= 0.6 is 0 Å². The SMILES string of the molecule is O=C(O)Cc1cccc(NC(=O)C(CO)c2ccccc2)c1. The molecule has 1 amide bonds. The van der Waals surface area contributed by atoms with Crippen LogP contribution < -0.4 is 5.32 Å². The van der Waals surface area contributed by atoms with Crippen molar-refractivity contribution in [1.29, 1.82) is 0 Å². The van der Waals surface area contributed by atoms with Crippen LogP contribution in [-0.4, -0.2) is 28.7 Å². The van der Waals surface area contributed by atoms with Crippen molar-refractivity contribution in [3.05, 3.63) is 65.7 Å². The van der Waals surface area contributed by atoms with Crippen molar-refractivity contribution in [1.82, 2.24) is 0 Å². The molecule has 2 aromatic carbocycles. The van der Waals surface area contributed by atoms with Gasteiger partial charge in [-0.1, -0.05) is 42.5 Å². The van der Waals surface area contributed by atoms with Crippen molar-refractivity contribution in [2.45, 2.75) is 12.3 Å². The summed E-state index contributed by atoms with van der Waals surface area (Å²) in [6, 6.07) is 15.7. The molecular formula is C17H17NO4. The summed E-state index contributed by atoms with van der Waals surface area (Å²) in [4.78, 5) is 23.0. The van der Waals surface area contributed by atoms with Crippen LogP contribution in [0.4, 0.5) is 5.69 Å². The third-order valence-corrected chi connectivity index (χ3v) is 3.25. The Morgan fingerprint density at radius 1 is 1.05 bits per heavy atom. The maximum absolute atomic E-state index is 12.3. The summed E-state index contributed by atoms with van der Waals surface area (Å²) in [6.07, 6.45) is -0.105. The number of aliphatic carboxylic acids is 1. The van der Waals surface area contributed by atoms with Crippen LogP contribution in [0.5, 0.6) is 0 Å². The lowest BCUT2D eigenvalue weighted by Gasteiger charge is -2.15. The van der Waals surface area contributed by atoms with Crippen LogP contribution in [0, 0.1) is 0 Å². The quantitative estimate of drug-likeness (QED) is 0.761. The lowest BCUT2D eigenvalue weighted by Crippen LogP contribution is -2.24. The Bertz CT molecular complexity index is 655. The van der Waals surface area contributed by atoms with Gasteiger partial charge in [-0.3, -0.25) is 9.59 Å². The highest BCUT2D eigenvalue weighted by Crippen LogP contribution is 2.18. The molecule has 2 rings (SSSR count). The molecule has 22 heavy (non-hydrogen) atoms. The van der Waals surface area contributed by atoms with Gasteiger partial charge < -0.3 is 15.5 Å². The van der Waals surface area contributed by atoms with Crippen LogP contribution in [0.25, 0.3) is 0 Å². The summed E-state index contributed by atoms with van der Waals surface area (Å²) in [6.45, 7) is -0.301. The minimum atomic E-state index is -0.930. The minimum absolute atomic E-state index is 0.105. The molecule has 0 aromatic heterocycles. The molecule has 0 aliphatic rings. The average Bonchev–Trinajstić information content (AvgIpc) is 2.48. The highest BCUT2D eigenvalue weighted by Gasteiger charge is 2.19. The van der Waals surface area contributed by atoms with Crippen molar-refractivity contribution in [2.24, 2.45) is 0 Å². The van der Waals surface area contributed by atoms with Gasteiger partial charge in [-0.25, -0.2) is 0 Å². The molecule has 0 fully saturated rings. The monoisotopic (exact) mass is 299 g/mol. The second-order valence-corrected chi connectivity index (χ2v) is 4.91. The molecule has 1 atom stereocenters. The zero-order valence-electron chi connectivity index (χ0n) is 11.9. The van der Waals surface area contributed by atoms with Gasteiger partial charge in [-0.15, -0.1) is 0 Å². The number of carboxylic acids is 1. The van der Waals surface area contributed by atoms with E-state index in [1.54, 1.807) is 48.5 Å². The first-order chi connectivity index (χ1) is 10.6. The van der Waals surface area contributed by atoms with E-state index in [4.69, 9.17) is 5.11 Å². The van der Waals surface area contributed by atoms with Crippen molar-refractivity contribution < 1.29 is 19.8 Å². The third kappa shape index (κ3) is 4.17. The molecule has 114 valence electrons. The number of aliphatic hydroxyl groups excluding tert-OH is 1. The molecule has 3 N–H and O–H groups in total. The molecule has 5 nitrogen and oxygen atoms in total. The van der Waals surface area contributed by atoms with Gasteiger partial charge in [0.2, 0.25) is 5.91 Å². The van der Waals surface area contributed by atoms with Crippen molar-refractivity contribution in [2.75, 3.05) is 11.9 Å². The maximum atomic E-state index is 12.3. The number of rotatable bonds is 6. The molecule has 0 heterocycles. The molecule has 0 aliphatic heterocycles. The first kappa shape index (κ1) is 15.7. The predicted molar refractivity (Wildman–Crippen MR) is 82.7 cm³/mol. The number of amides is 1. The number of anilines is 1. The third-order valence-electron chi connectivity index (χ3n) is 3.25. The average molecular weight is 299 g/mol. The predicted octanol–water partition coefficient (Wildman–Crippen LogP) is 2.03. The van der Waals surface area contributed by atoms with Crippen LogP contribution in [0.3, 0.4) is 0 Å². The van der Waals surface area contributed by atoms with Gasteiger partial charge in [0.25, 0.3) is 0 Å². The molecule has 0 saturated carbocycles. The van der Waals surface area contributed by atoms with E-state index >= 15 is 0 Å². The number of hydrogen-bond acceptors (Lipinski definition) is 3. The number of nitrogens with one attached hydrogen (secondary N) is 1. The summed E-state index contributed by atoms with van der Waals surface area (Å²) in [7, 11) is 0. The highest BCUT2D eigenvalue weighted by molar-refractivity contribution is 5.96. The summed E-state index contributed by atoms with van der Waals surface area (Å²) in [5, 5.41) is 21.0. The van der Waals surface area contributed by atoms with Crippen molar-refractivity contribution >= 4 is 17.6 Å². The number of hydrogen-bond donors (Lipinski definition) is 3. The highest BCUT2D eigenvalue weighted by atomic mass is 16.4. The molecular weight excluding hydrogens is 282 g/mol. The van der Waals surface area contributed by atoms with E-state index in [9.17, 15) is 14.7 Å².